The van der Waals surface area contributed by atoms with Gasteiger partial charge in [0.25, 0.3) is 0 Å². The number of rotatable bonds is 3. The standard InChI is InChI=1S/C43H25N3O/c1-3-11-37-34(9-1)39-35(22-21-33-31-8-2-4-12-38(31)47-43(33)39)40(46-37)29-19-15-27(16-20-29)26-13-17-28(18-14-26)36-25-30-7-5-23-44-41(30)42-32(36)10-6-24-45-42/h1-25H. The number of hydrogen-bond acceptors (Lipinski definition) is 4. The molecular formula is C43H25N3O. The van der Waals surface area contributed by atoms with E-state index in [2.05, 4.69) is 119 Å². The van der Waals surface area contributed by atoms with E-state index in [1.807, 2.05) is 42.7 Å². The third kappa shape index (κ3) is 3.98. The minimum absolute atomic E-state index is 0.898. The molecule has 0 radical (unpaired) electrons. The first-order valence-corrected chi connectivity index (χ1v) is 15.8. The van der Waals surface area contributed by atoms with Crippen LogP contribution in [0, 0.1) is 0 Å². The molecule has 4 nitrogen and oxygen atoms in total. The fourth-order valence-corrected chi connectivity index (χ4v) is 7.12. The zero-order valence-electron chi connectivity index (χ0n) is 25.2. The van der Waals surface area contributed by atoms with Crippen molar-refractivity contribution in [2.45, 2.75) is 0 Å². The summed E-state index contributed by atoms with van der Waals surface area (Å²) in [4.78, 5) is 14.5. The third-order valence-corrected chi connectivity index (χ3v) is 9.36. The van der Waals surface area contributed by atoms with Gasteiger partial charge in [-0.3, -0.25) is 9.97 Å². The van der Waals surface area contributed by atoms with E-state index in [-0.39, 0.29) is 0 Å². The van der Waals surface area contributed by atoms with Gasteiger partial charge in [-0.25, -0.2) is 4.98 Å². The molecule has 0 atom stereocenters. The Morgan fingerprint density at radius 1 is 0.447 bits per heavy atom. The van der Waals surface area contributed by atoms with Gasteiger partial charge in [-0.15, -0.1) is 0 Å². The Hall–Kier alpha value is -6.39. The molecule has 47 heavy (non-hydrogen) atoms. The van der Waals surface area contributed by atoms with Gasteiger partial charge in [-0.05, 0) is 58.7 Å². The minimum Gasteiger partial charge on any atom is -0.455 e. The zero-order chi connectivity index (χ0) is 30.9. The van der Waals surface area contributed by atoms with Gasteiger partial charge in [0, 0.05) is 55.7 Å². The lowest BCUT2D eigenvalue weighted by Gasteiger charge is -2.12. The van der Waals surface area contributed by atoms with Gasteiger partial charge in [0.1, 0.15) is 11.2 Å². The predicted molar refractivity (Wildman–Crippen MR) is 193 cm³/mol. The van der Waals surface area contributed by atoms with E-state index in [0.717, 1.165) is 98.9 Å². The molecule has 0 fully saturated rings. The van der Waals surface area contributed by atoms with Crippen molar-refractivity contribution < 1.29 is 4.42 Å². The molecule has 0 amide bonds. The van der Waals surface area contributed by atoms with Crippen LogP contribution in [0.1, 0.15) is 0 Å². The van der Waals surface area contributed by atoms with E-state index < -0.39 is 0 Å². The Labute approximate surface area is 269 Å². The van der Waals surface area contributed by atoms with E-state index in [1.54, 1.807) is 0 Å². The molecule has 4 heteroatoms. The molecular weight excluding hydrogens is 574 g/mol. The smallest absolute Gasteiger partial charge is 0.144 e. The molecule has 0 saturated heterocycles. The number of nitrogens with zero attached hydrogens (tertiary/aromatic N) is 3. The second-order valence-corrected chi connectivity index (χ2v) is 12.0. The predicted octanol–water partition coefficient (Wildman–Crippen LogP) is 11.4. The second kappa shape index (κ2) is 10.1. The number of fused-ring (bicyclic) bond motifs is 10. The summed E-state index contributed by atoms with van der Waals surface area (Å²) in [5, 5.41) is 7.73. The Kier molecular flexibility index (Phi) is 5.54. The van der Waals surface area contributed by atoms with Gasteiger partial charge < -0.3 is 4.42 Å². The Morgan fingerprint density at radius 3 is 1.91 bits per heavy atom. The van der Waals surface area contributed by atoms with Crippen molar-refractivity contribution in [2.24, 2.45) is 0 Å². The number of furan rings is 1. The Morgan fingerprint density at radius 2 is 1.09 bits per heavy atom. The number of hydrogen-bond donors (Lipinski definition) is 0. The van der Waals surface area contributed by atoms with Crippen LogP contribution >= 0.6 is 0 Å². The van der Waals surface area contributed by atoms with Crippen LogP contribution < -0.4 is 0 Å². The summed E-state index contributed by atoms with van der Waals surface area (Å²) in [6.07, 6.45) is 3.66. The lowest BCUT2D eigenvalue weighted by atomic mass is 9.94. The molecule has 0 saturated carbocycles. The summed E-state index contributed by atoms with van der Waals surface area (Å²) >= 11 is 0. The van der Waals surface area contributed by atoms with Crippen molar-refractivity contribution in [3.05, 3.63) is 152 Å². The molecule has 0 aliphatic carbocycles. The van der Waals surface area contributed by atoms with Crippen LogP contribution in [0.3, 0.4) is 0 Å². The SMILES string of the molecule is c1cnc2c(c1)cc(-c1ccc(-c3ccc(-c4nc5ccccc5c5c4ccc4c6ccccc6oc45)cc3)cc1)c1cccnc12. The maximum Gasteiger partial charge on any atom is 0.144 e. The van der Waals surface area contributed by atoms with Gasteiger partial charge in [0.2, 0.25) is 0 Å². The average molecular weight is 600 g/mol. The van der Waals surface area contributed by atoms with Crippen LogP contribution in [-0.4, -0.2) is 15.0 Å². The van der Waals surface area contributed by atoms with Crippen molar-refractivity contribution in [3.8, 4) is 33.5 Å². The molecule has 10 rings (SSSR count). The number of para-hydroxylation sites is 2. The summed E-state index contributed by atoms with van der Waals surface area (Å²) in [6, 6.07) is 48.9. The fourth-order valence-electron chi connectivity index (χ4n) is 7.12. The Balaban J connectivity index is 1.07. The molecule has 6 aromatic carbocycles. The first kappa shape index (κ1) is 25.9. The van der Waals surface area contributed by atoms with Crippen LogP contribution in [0.25, 0.3) is 98.9 Å². The van der Waals surface area contributed by atoms with Crippen LogP contribution in [0.4, 0.5) is 0 Å². The van der Waals surface area contributed by atoms with Crippen molar-refractivity contribution in [2.75, 3.05) is 0 Å². The summed E-state index contributed by atoms with van der Waals surface area (Å²) in [5.41, 5.74) is 11.3. The molecule has 0 aliphatic heterocycles. The highest BCUT2D eigenvalue weighted by Gasteiger charge is 2.17. The van der Waals surface area contributed by atoms with Crippen LogP contribution in [0.2, 0.25) is 0 Å². The topological polar surface area (TPSA) is 51.8 Å². The lowest BCUT2D eigenvalue weighted by Crippen LogP contribution is -1.90. The van der Waals surface area contributed by atoms with E-state index >= 15 is 0 Å². The molecule has 0 N–H and O–H groups in total. The lowest BCUT2D eigenvalue weighted by molar-refractivity contribution is 0.673. The van der Waals surface area contributed by atoms with Crippen molar-refractivity contribution in [3.63, 3.8) is 0 Å². The monoisotopic (exact) mass is 599 g/mol. The molecule has 10 aromatic rings. The van der Waals surface area contributed by atoms with Gasteiger partial charge in [-0.1, -0.05) is 103 Å². The van der Waals surface area contributed by atoms with Crippen LogP contribution in [0.5, 0.6) is 0 Å². The normalized spacial score (nSPS) is 11.8. The quantitative estimate of drug-likeness (QED) is 0.190. The number of pyridine rings is 3. The van der Waals surface area contributed by atoms with Crippen molar-refractivity contribution >= 4 is 65.4 Å². The van der Waals surface area contributed by atoms with Gasteiger partial charge >= 0.3 is 0 Å². The first-order valence-electron chi connectivity index (χ1n) is 15.8. The number of aromatic nitrogens is 3. The molecule has 0 bridgehead atoms. The maximum absolute atomic E-state index is 6.49. The molecule has 0 aliphatic rings. The van der Waals surface area contributed by atoms with E-state index in [4.69, 9.17) is 9.40 Å². The number of benzene rings is 6. The van der Waals surface area contributed by atoms with Gasteiger partial charge in [0.05, 0.1) is 22.2 Å². The van der Waals surface area contributed by atoms with Gasteiger partial charge in [-0.2, -0.15) is 0 Å². The Bertz CT molecular complexity index is 2830. The molecule has 4 aromatic heterocycles. The van der Waals surface area contributed by atoms with Crippen molar-refractivity contribution in [1.82, 2.24) is 15.0 Å². The first-order chi connectivity index (χ1) is 23.3. The second-order valence-electron chi connectivity index (χ2n) is 12.0. The van der Waals surface area contributed by atoms with Crippen LogP contribution in [-0.2, 0) is 0 Å². The molecule has 0 unspecified atom stereocenters. The largest absolute Gasteiger partial charge is 0.455 e. The van der Waals surface area contributed by atoms with E-state index in [0.29, 0.717) is 0 Å². The molecule has 218 valence electrons. The maximum atomic E-state index is 6.49. The summed E-state index contributed by atoms with van der Waals surface area (Å²) in [6.45, 7) is 0. The van der Waals surface area contributed by atoms with Crippen molar-refractivity contribution in [1.29, 1.82) is 0 Å². The highest BCUT2D eigenvalue weighted by atomic mass is 16.3. The van der Waals surface area contributed by atoms with Crippen LogP contribution in [0.15, 0.2) is 156 Å². The highest BCUT2D eigenvalue weighted by molar-refractivity contribution is 6.24. The summed E-state index contributed by atoms with van der Waals surface area (Å²) < 4.78 is 6.49. The van der Waals surface area contributed by atoms with E-state index in [9.17, 15) is 0 Å². The van der Waals surface area contributed by atoms with Gasteiger partial charge in [0.15, 0.2) is 0 Å². The zero-order valence-corrected chi connectivity index (χ0v) is 25.2. The third-order valence-electron chi connectivity index (χ3n) is 9.36. The molecule has 4 heterocycles. The van der Waals surface area contributed by atoms with E-state index in [1.165, 1.54) is 0 Å². The summed E-state index contributed by atoms with van der Waals surface area (Å²) in [7, 11) is 0. The minimum atomic E-state index is 0.898. The molecule has 0 spiro atoms. The summed E-state index contributed by atoms with van der Waals surface area (Å²) in [5.74, 6) is 0. The average Bonchev–Trinajstić information content (AvgIpc) is 3.53. The fraction of sp³-hybridized carbons (Fsp3) is 0. The highest BCUT2D eigenvalue weighted by Crippen LogP contribution is 2.41.